The van der Waals surface area contributed by atoms with E-state index in [1.807, 2.05) is 13.8 Å². The summed E-state index contributed by atoms with van der Waals surface area (Å²) in [4.78, 5) is 0. The molecule has 2 nitrogen and oxygen atoms in total. The Labute approximate surface area is 146 Å². The van der Waals surface area contributed by atoms with Gasteiger partial charge in [-0.1, -0.05) is 34.1 Å². The molecule has 0 aromatic heterocycles. The summed E-state index contributed by atoms with van der Waals surface area (Å²) in [6, 6.07) is 0.498. The second kappa shape index (κ2) is 14.1. The van der Waals surface area contributed by atoms with Gasteiger partial charge in [-0.05, 0) is 0 Å². The molecule has 0 bridgehead atoms. The van der Waals surface area contributed by atoms with E-state index in [2.05, 4.69) is 72.9 Å². The Hall–Kier alpha value is 0.478. The van der Waals surface area contributed by atoms with Crippen LogP contribution in [0.15, 0.2) is 0 Å². The molecule has 0 radical (unpaired) electrons. The molecule has 0 amide bonds. The number of hydrogen-bond donors (Lipinski definition) is 2. The van der Waals surface area contributed by atoms with Crippen molar-refractivity contribution in [3.05, 3.63) is 0 Å². The van der Waals surface area contributed by atoms with Gasteiger partial charge >= 0.3 is 112 Å². The molecule has 1 atom stereocenters. The summed E-state index contributed by atoms with van der Waals surface area (Å²) in [6.07, 6.45) is 2.48. The Morgan fingerprint density at radius 3 is 1.67 bits per heavy atom. The zero-order chi connectivity index (χ0) is 17.7. The first kappa shape index (κ1) is 26.4. The fourth-order valence-corrected chi connectivity index (χ4v) is 3.28. The monoisotopic (exact) mass is 470 g/mol. The van der Waals surface area contributed by atoms with E-state index in [0.29, 0.717) is 16.9 Å². The van der Waals surface area contributed by atoms with Crippen molar-refractivity contribution in [1.29, 1.82) is 0 Å². The molecule has 130 valence electrons. The van der Waals surface area contributed by atoms with Gasteiger partial charge in [0.25, 0.3) is 0 Å². The quantitative estimate of drug-likeness (QED) is 0.564. The van der Waals surface area contributed by atoms with Crippen LogP contribution in [0.4, 0.5) is 0 Å². The molecule has 2 N–H and O–H groups in total. The Morgan fingerprint density at radius 2 is 1.38 bits per heavy atom. The van der Waals surface area contributed by atoms with E-state index >= 15 is 0 Å². The number of hydrogen-bond acceptors (Lipinski definition) is 2. The molecule has 0 saturated heterocycles. The van der Waals surface area contributed by atoms with E-state index < -0.39 is 0 Å². The van der Waals surface area contributed by atoms with Crippen molar-refractivity contribution in [3.63, 3.8) is 0 Å². The third-order valence-corrected chi connectivity index (χ3v) is 3.79. The molecule has 0 aliphatic rings. The summed E-state index contributed by atoms with van der Waals surface area (Å²) in [5.41, 5.74) is 0.701. The van der Waals surface area contributed by atoms with Gasteiger partial charge in [0.1, 0.15) is 0 Å². The van der Waals surface area contributed by atoms with Crippen LogP contribution in [0.5, 0.6) is 0 Å². The molecule has 0 rings (SSSR count). The zero-order valence-electron chi connectivity index (χ0n) is 16.6. The van der Waals surface area contributed by atoms with Crippen LogP contribution in [-0.4, -0.2) is 16.7 Å². The van der Waals surface area contributed by atoms with Gasteiger partial charge in [0.15, 0.2) is 0 Å². The maximum atomic E-state index is 3.59. The third kappa shape index (κ3) is 18.4. The van der Waals surface area contributed by atoms with Crippen LogP contribution in [0.1, 0.15) is 89.0 Å². The molecule has 0 fully saturated rings. The van der Waals surface area contributed by atoms with Crippen molar-refractivity contribution in [3.8, 4) is 0 Å². The normalized spacial score (nSPS) is 12.5. The van der Waals surface area contributed by atoms with E-state index in [-0.39, 0.29) is 0 Å². The molecule has 0 aliphatic heterocycles. The van der Waals surface area contributed by atoms with Crippen molar-refractivity contribution in [2.75, 3.05) is 6.54 Å². The Balaban J connectivity index is -0.000000569. The fraction of sp³-hybridized carbons (Fsp3) is 0.944. The van der Waals surface area contributed by atoms with Crippen LogP contribution in [0.2, 0.25) is 0 Å². The standard InChI is InChI=1S/C13H28N2.C3H8.C2H6.W/c1-8-14-10-15-11(2)13(6,7)9-12(3,4)5;1-3-2;1-2;/h11,14-15H,8-9H2,1-7H3;3H2,1-2H3;1-2H3;. The molecular weight excluding hydrogens is 428 g/mol. The first-order chi connectivity index (χ1) is 9.50. The maximum absolute atomic E-state index is 3.59. The molecular formula is C18H42N2W. The zero-order valence-corrected chi connectivity index (χ0v) is 19.5. The minimum absolute atomic E-state index is 0.314. The SMILES string of the molecule is CC.CCC.CCN[C](=[W])NC(C)C(C)(C)CC(C)(C)C. The number of nitrogens with one attached hydrogen (secondary N) is 2. The predicted octanol–water partition coefficient (Wildman–Crippen LogP) is 5.11. The van der Waals surface area contributed by atoms with Crippen LogP contribution >= 0.6 is 0 Å². The van der Waals surface area contributed by atoms with Gasteiger partial charge in [-0.25, -0.2) is 0 Å². The van der Waals surface area contributed by atoms with Gasteiger partial charge in [-0.15, -0.1) is 0 Å². The molecule has 0 saturated carbocycles. The van der Waals surface area contributed by atoms with E-state index in [1.165, 1.54) is 36.3 Å². The van der Waals surface area contributed by atoms with E-state index in [0.717, 1.165) is 6.54 Å². The topological polar surface area (TPSA) is 24.1 Å². The van der Waals surface area contributed by atoms with Crippen molar-refractivity contribution >= 4 is 4.15 Å². The summed E-state index contributed by atoms with van der Waals surface area (Å²) < 4.78 is 1.26. The molecule has 0 spiro atoms. The molecule has 0 aromatic rings. The van der Waals surface area contributed by atoms with Crippen LogP contribution < -0.4 is 10.6 Å². The molecule has 1 unspecified atom stereocenters. The van der Waals surface area contributed by atoms with Crippen LogP contribution in [-0.2, 0) is 19.4 Å². The van der Waals surface area contributed by atoms with Gasteiger partial charge in [-0.3, -0.25) is 0 Å². The summed E-state index contributed by atoms with van der Waals surface area (Å²) >= 11 is 1.48. The molecule has 0 heterocycles. The second-order valence-electron chi connectivity index (χ2n) is 7.16. The van der Waals surface area contributed by atoms with E-state index in [9.17, 15) is 0 Å². The first-order valence-electron chi connectivity index (χ1n) is 8.54. The summed E-state index contributed by atoms with van der Waals surface area (Å²) in [6.45, 7) is 25.3. The van der Waals surface area contributed by atoms with Crippen molar-refractivity contribution in [2.24, 2.45) is 10.8 Å². The first-order valence-corrected chi connectivity index (χ1v) is 10.0. The van der Waals surface area contributed by atoms with Gasteiger partial charge in [-0.2, -0.15) is 0 Å². The van der Waals surface area contributed by atoms with Gasteiger partial charge < -0.3 is 0 Å². The molecule has 21 heavy (non-hydrogen) atoms. The molecule has 3 heteroatoms. The van der Waals surface area contributed by atoms with Gasteiger partial charge in [0, 0.05) is 0 Å². The average molecular weight is 470 g/mol. The van der Waals surface area contributed by atoms with Crippen LogP contribution in [0.3, 0.4) is 0 Å². The van der Waals surface area contributed by atoms with Crippen molar-refractivity contribution in [2.45, 2.75) is 95.0 Å². The molecule has 0 aliphatic carbocycles. The summed E-state index contributed by atoms with van der Waals surface area (Å²) in [5.74, 6) is 0. The second-order valence-corrected chi connectivity index (χ2v) is 8.63. The predicted molar refractivity (Wildman–Crippen MR) is 96.4 cm³/mol. The van der Waals surface area contributed by atoms with Gasteiger partial charge in [0.2, 0.25) is 0 Å². The number of rotatable bonds is 6. The van der Waals surface area contributed by atoms with E-state index in [1.54, 1.807) is 0 Å². The Morgan fingerprint density at radius 1 is 1.00 bits per heavy atom. The summed E-state index contributed by atoms with van der Waals surface area (Å²) in [7, 11) is 0. The van der Waals surface area contributed by atoms with Gasteiger partial charge in [0.05, 0.1) is 0 Å². The van der Waals surface area contributed by atoms with E-state index in [4.69, 9.17) is 0 Å². The van der Waals surface area contributed by atoms with Crippen molar-refractivity contribution in [1.82, 2.24) is 10.6 Å². The van der Waals surface area contributed by atoms with Crippen LogP contribution in [0, 0.1) is 10.8 Å². The van der Waals surface area contributed by atoms with Crippen molar-refractivity contribution < 1.29 is 19.4 Å². The minimum atomic E-state index is 0.314. The average Bonchev–Trinajstić information content (AvgIpc) is 2.29. The Bertz CT molecular complexity index is 242. The fourth-order valence-electron chi connectivity index (χ4n) is 2.12. The third-order valence-electron chi connectivity index (χ3n) is 2.84. The molecule has 0 aromatic carbocycles. The van der Waals surface area contributed by atoms with Crippen LogP contribution in [0.25, 0.3) is 0 Å². The Kier molecular flexibility index (Phi) is 17.7. The summed E-state index contributed by atoms with van der Waals surface area (Å²) in [5, 5.41) is 6.94.